The van der Waals surface area contributed by atoms with Crippen LogP contribution in [0.15, 0.2) is 24.3 Å². The Bertz CT molecular complexity index is 1220. The number of carbonyl (C=O) groups excluding carboxylic acids is 2. The van der Waals surface area contributed by atoms with Gasteiger partial charge in [-0.15, -0.1) is 0 Å². The molecule has 0 amide bonds. The molecule has 5 nitrogen and oxygen atoms in total. The van der Waals surface area contributed by atoms with Gasteiger partial charge in [0.15, 0.2) is 0 Å². The topological polar surface area (TPSA) is 71.4 Å². The van der Waals surface area contributed by atoms with Crippen LogP contribution in [0.4, 0.5) is 0 Å². The Kier molecular flexibility index (Phi) is 23.1. The van der Waals surface area contributed by atoms with E-state index < -0.39 is 18.4 Å². The van der Waals surface area contributed by atoms with Crippen molar-refractivity contribution in [2.45, 2.75) is 178 Å². The maximum atomic E-state index is 12.8. The highest BCUT2D eigenvalue weighted by Crippen LogP contribution is 2.49. The number of hydrogen-bond acceptors (Lipinski definition) is 3. The van der Waals surface area contributed by atoms with Gasteiger partial charge >= 0.3 is 7.37 Å². The third kappa shape index (κ3) is 17.1. The van der Waals surface area contributed by atoms with Gasteiger partial charge in [0, 0.05) is 11.1 Å². The van der Waals surface area contributed by atoms with Gasteiger partial charge in [-0.2, -0.15) is 0 Å². The van der Waals surface area contributed by atoms with Gasteiger partial charge in [-0.1, -0.05) is 133 Å². The molecule has 51 heavy (non-hydrogen) atoms. The second-order valence-electron chi connectivity index (χ2n) is 15.8. The summed E-state index contributed by atoms with van der Waals surface area (Å²) in [5, 5.41) is 0. The molecule has 6 heteroatoms. The normalized spacial score (nSPS) is 11.7. The lowest BCUT2D eigenvalue weighted by Gasteiger charge is -2.35. The summed E-state index contributed by atoms with van der Waals surface area (Å²) in [5.74, 6) is 0. The second-order valence-corrected chi connectivity index (χ2v) is 17.8. The summed E-state index contributed by atoms with van der Waals surface area (Å²) in [4.78, 5) is 36.0. The van der Waals surface area contributed by atoms with Gasteiger partial charge < -0.3 is 9.38 Å². The van der Waals surface area contributed by atoms with E-state index in [0.29, 0.717) is 22.3 Å². The van der Waals surface area contributed by atoms with Crippen molar-refractivity contribution >= 4 is 18.4 Å². The SMILES string of the molecule is CCCCCCCC[N+](C)(CCCCCCCC)CCCCCCCC.Cc1cc(C)c(C(=O)P(=O)(O)C(=O)c2c(C)cc(C)cc2C)c(C)c1. The molecule has 0 unspecified atom stereocenters. The number of hydrogen-bond donors (Lipinski definition) is 1. The third-order valence-electron chi connectivity index (χ3n) is 10.5. The Labute approximate surface area is 314 Å². The lowest BCUT2D eigenvalue weighted by atomic mass is 10.0. The van der Waals surface area contributed by atoms with Gasteiger partial charge in [0.1, 0.15) is 0 Å². The summed E-state index contributed by atoms with van der Waals surface area (Å²) in [6.07, 6.45) is 25.9. The van der Waals surface area contributed by atoms with Crippen molar-refractivity contribution in [3.8, 4) is 0 Å². The molecule has 0 heterocycles. The van der Waals surface area contributed by atoms with Crippen molar-refractivity contribution in [2.24, 2.45) is 0 Å². The lowest BCUT2D eigenvalue weighted by molar-refractivity contribution is -0.910. The maximum Gasteiger partial charge on any atom is 0.337 e. The van der Waals surface area contributed by atoms with E-state index in [1.54, 1.807) is 52.0 Å². The first-order valence-electron chi connectivity index (χ1n) is 20.6. The van der Waals surface area contributed by atoms with Crippen LogP contribution in [0, 0.1) is 41.5 Å². The molecular weight excluding hydrogens is 649 g/mol. The second kappa shape index (κ2) is 25.0. The first kappa shape index (κ1) is 47.0. The summed E-state index contributed by atoms with van der Waals surface area (Å²) in [5.41, 5.74) is 2.64. The molecule has 2 aromatic rings. The molecule has 2 aromatic carbocycles. The van der Waals surface area contributed by atoms with Gasteiger partial charge in [0.05, 0.1) is 26.7 Å². The molecule has 1 N–H and O–H groups in total. The average molecular weight is 727 g/mol. The van der Waals surface area contributed by atoms with E-state index >= 15 is 0 Å². The zero-order chi connectivity index (χ0) is 38.5. The highest BCUT2D eigenvalue weighted by Gasteiger charge is 2.41. The van der Waals surface area contributed by atoms with Crippen LogP contribution in [0.25, 0.3) is 0 Å². The van der Waals surface area contributed by atoms with Gasteiger partial charge in [-0.3, -0.25) is 14.2 Å². The highest BCUT2D eigenvalue weighted by atomic mass is 31.2. The average Bonchev–Trinajstić information content (AvgIpc) is 3.05. The van der Waals surface area contributed by atoms with E-state index in [0.717, 1.165) is 11.1 Å². The largest absolute Gasteiger partial charge is 0.337 e. The number of aryl methyl sites for hydroxylation is 6. The summed E-state index contributed by atoms with van der Waals surface area (Å²) >= 11 is 0. The molecule has 0 saturated heterocycles. The van der Waals surface area contributed by atoms with Crippen LogP contribution in [-0.4, -0.2) is 47.1 Å². The van der Waals surface area contributed by atoms with Crippen molar-refractivity contribution < 1.29 is 23.5 Å². The van der Waals surface area contributed by atoms with Gasteiger partial charge in [0.25, 0.3) is 11.0 Å². The predicted molar refractivity (Wildman–Crippen MR) is 221 cm³/mol. The van der Waals surface area contributed by atoms with Crippen molar-refractivity contribution in [1.29, 1.82) is 0 Å². The predicted octanol–water partition coefficient (Wildman–Crippen LogP) is 13.3. The number of rotatable bonds is 25. The van der Waals surface area contributed by atoms with Crippen molar-refractivity contribution in [3.05, 3.63) is 68.8 Å². The quantitative estimate of drug-likeness (QED) is 0.0628. The first-order valence-corrected chi connectivity index (χ1v) is 22.2. The molecule has 2 rings (SSSR count). The Hall–Kier alpha value is -2.07. The summed E-state index contributed by atoms with van der Waals surface area (Å²) < 4.78 is 14.2. The molecular formula is C45H77NO4P+. The first-order chi connectivity index (χ1) is 24.1. The summed E-state index contributed by atoms with van der Waals surface area (Å²) in [7, 11) is -2.17. The summed E-state index contributed by atoms with van der Waals surface area (Å²) in [6, 6.07) is 7.08. The number of benzene rings is 2. The smallest absolute Gasteiger partial charge is 0.333 e. The number of unbranched alkanes of at least 4 members (excludes halogenated alkanes) is 15. The Morgan fingerprint density at radius 3 is 0.980 bits per heavy atom. The van der Waals surface area contributed by atoms with Gasteiger partial charge in [-0.05, 0) is 102 Å². The Balaban J connectivity index is 0.000000510. The minimum absolute atomic E-state index is 0.159. The number of quaternary nitrogens is 1. The molecule has 0 bridgehead atoms. The van der Waals surface area contributed by atoms with E-state index in [4.69, 9.17) is 0 Å². The van der Waals surface area contributed by atoms with Crippen LogP contribution in [0.2, 0.25) is 0 Å². The lowest BCUT2D eigenvalue weighted by Crippen LogP contribution is -2.46. The van der Waals surface area contributed by atoms with Crippen LogP contribution in [0.1, 0.15) is 190 Å². The monoisotopic (exact) mass is 727 g/mol. The molecule has 0 aromatic heterocycles. The molecule has 0 aliphatic rings. The van der Waals surface area contributed by atoms with Crippen LogP contribution >= 0.6 is 7.37 Å². The van der Waals surface area contributed by atoms with Crippen LogP contribution in [0.3, 0.4) is 0 Å². The fourth-order valence-corrected chi connectivity index (χ4v) is 9.08. The third-order valence-corrected chi connectivity index (χ3v) is 12.0. The van der Waals surface area contributed by atoms with E-state index in [2.05, 4.69) is 27.8 Å². The van der Waals surface area contributed by atoms with Gasteiger partial charge in [-0.25, -0.2) is 0 Å². The van der Waals surface area contributed by atoms with Gasteiger partial charge in [0.2, 0.25) is 0 Å². The van der Waals surface area contributed by atoms with E-state index in [1.807, 2.05) is 13.8 Å². The molecule has 0 radical (unpaired) electrons. The number of carbonyl (C=O) groups is 2. The maximum absolute atomic E-state index is 12.8. The Morgan fingerprint density at radius 1 is 0.490 bits per heavy atom. The zero-order valence-corrected chi connectivity index (χ0v) is 35.6. The van der Waals surface area contributed by atoms with Crippen molar-refractivity contribution in [1.82, 2.24) is 0 Å². The van der Waals surface area contributed by atoms with Crippen molar-refractivity contribution in [2.75, 3.05) is 26.7 Å². The van der Waals surface area contributed by atoms with E-state index in [1.165, 1.54) is 140 Å². The molecule has 0 fully saturated rings. The van der Waals surface area contributed by atoms with Crippen molar-refractivity contribution in [3.63, 3.8) is 0 Å². The molecule has 0 spiro atoms. The minimum Gasteiger partial charge on any atom is -0.333 e. The fourth-order valence-electron chi connectivity index (χ4n) is 7.59. The number of nitrogens with zero attached hydrogens (tertiary/aromatic N) is 1. The molecule has 0 saturated carbocycles. The standard InChI is InChI=1S/C25H54N.C20H23O4P/c1-5-8-11-14-17-20-23-26(4,24-21-18-15-12-9-6-2)25-22-19-16-13-10-7-3;1-11-7-13(3)17(14(4)8-11)19(21)25(23,24)20(22)18-15(5)9-12(2)10-16(18)6/h5-25H2,1-4H3;7-10H,1-6H3,(H,23,24)/q+1;. The highest BCUT2D eigenvalue weighted by molar-refractivity contribution is 7.91. The molecule has 290 valence electrons. The summed E-state index contributed by atoms with van der Waals surface area (Å²) in [6.45, 7) is 21.8. The Morgan fingerprint density at radius 2 is 0.725 bits per heavy atom. The van der Waals surface area contributed by atoms with Crippen LogP contribution in [0.5, 0.6) is 0 Å². The molecule has 0 aliphatic heterocycles. The minimum atomic E-state index is -4.73. The fraction of sp³-hybridized carbons (Fsp3) is 0.689. The molecule has 0 atom stereocenters. The zero-order valence-electron chi connectivity index (χ0n) is 34.7. The van der Waals surface area contributed by atoms with Crippen LogP contribution in [-0.2, 0) is 4.57 Å². The van der Waals surface area contributed by atoms with Crippen LogP contribution < -0.4 is 0 Å². The van der Waals surface area contributed by atoms with E-state index in [-0.39, 0.29) is 11.1 Å². The van der Waals surface area contributed by atoms with E-state index in [9.17, 15) is 19.0 Å². The molecule has 0 aliphatic carbocycles.